The lowest BCUT2D eigenvalue weighted by atomic mass is 9.45. The Labute approximate surface area is 104 Å². The van der Waals surface area contributed by atoms with E-state index in [2.05, 4.69) is 61.8 Å². The Bertz CT molecular complexity index is 412. The second-order valence-electron chi connectivity index (χ2n) is 4.91. The highest BCUT2D eigenvalue weighted by molar-refractivity contribution is 6.65. The monoisotopic (exact) mass is 231 g/mol. The Morgan fingerprint density at radius 1 is 1.41 bits per heavy atom. The summed E-state index contributed by atoms with van der Waals surface area (Å²) in [6, 6.07) is 6.45. The van der Waals surface area contributed by atoms with Gasteiger partial charge in [0.1, 0.15) is 11.9 Å². The predicted molar refractivity (Wildman–Crippen MR) is 72.1 cm³/mol. The summed E-state index contributed by atoms with van der Waals surface area (Å²) in [7, 11) is 0. The van der Waals surface area contributed by atoms with E-state index < -0.39 is 6.48 Å². The van der Waals surface area contributed by atoms with Gasteiger partial charge in [0.2, 0.25) is 0 Å². The van der Waals surface area contributed by atoms with E-state index in [-0.39, 0.29) is 6.10 Å². The lowest BCUT2D eigenvalue weighted by Gasteiger charge is -2.41. The van der Waals surface area contributed by atoms with E-state index in [1.54, 1.807) is 0 Å². The van der Waals surface area contributed by atoms with E-state index >= 15 is 0 Å². The molecule has 1 aliphatic rings. The van der Waals surface area contributed by atoms with Crippen molar-refractivity contribution in [3.8, 4) is 0 Å². The van der Waals surface area contributed by atoms with Crippen molar-refractivity contribution >= 4 is 6.48 Å². The van der Waals surface area contributed by atoms with E-state index in [1.807, 2.05) is 0 Å². The molecule has 1 aliphatic heterocycles. The zero-order valence-corrected chi connectivity index (χ0v) is 11.1. The zero-order chi connectivity index (χ0) is 12.3. The minimum atomic E-state index is -0.896. The molecular formula is C14H22BNO. The molecule has 0 amide bonds. The van der Waals surface area contributed by atoms with Gasteiger partial charge in [-0.1, -0.05) is 44.7 Å². The van der Waals surface area contributed by atoms with Gasteiger partial charge in [-0.3, -0.25) is 0 Å². The fourth-order valence-corrected chi connectivity index (χ4v) is 2.97. The minimum Gasteiger partial charge on any atom is -0.526 e. The van der Waals surface area contributed by atoms with Crippen molar-refractivity contribution in [2.24, 2.45) is 0 Å². The molecule has 17 heavy (non-hydrogen) atoms. The number of aromatic nitrogens is 1. The van der Waals surface area contributed by atoms with Crippen molar-refractivity contribution in [3.63, 3.8) is 0 Å². The summed E-state index contributed by atoms with van der Waals surface area (Å²) >= 11 is 0. The average Bonchev–Trinajstić information content (AvgIpc) is 2.38. The molecule has 0 N–H and O–H groups in total. The topological polar surface area (TPSA) is 13.1 Å². The third-order valence-corrected chi connectivity index (χ3v) is 4.01. The van der Waals surface area contributed by atoms with Crippen molar-refractivity contribution < 1.29 is 9.13 Å². The molecule has 1 atom stereocenters. The highest BCUT2D eigenvalue weighted by Crippen LogP contribution is 2.23. The average molecular weight is 231 g/mol. The van der Waals surface area contributed by atoms with Crippen molar-refractivity contribution in [2.45, 2.75) is 45.9 Å². The molecule has 3 heteroatoms. The molecule has 0 aliphatic carbocycles. The number of pyridine rings is 1. The van der Waals surface area contributed by atoms with Crippen LogP contribution in [0.5, 0.6) is 0 Å². The van der Waals surface area contributed by atoms with Crippen LogP contribution in [0.3, 0.4) is 0 Å². The molecule has 2 nitrogen and oxygen atoms in total. The van der Waals surface area contributed by atoms with Crippen LogP contribution >= 0.6 is 0 Å². The van der Waals surface area contributed by atoms with Gasteiger partial charge in [0, 0.05) is 12.2 Å². The SMILES string of the molecule is C/C=C/C1Cc2cccc[n+]2[B-](CC)(CC)O1. The number of fused-ring (bicyclic) bond motifs is 1. The molecule has 0 radical (unpaired) electrons. The molecule has 0 bridgehead atoms. The van der Waals surface area contributed by atoms with Gasteiger partial charge in [-0.25, -0.2) is 0 Å². The van der Waals surface area contributed by atoms with Gasteiger partial charge >= 0.3 is 6.48 Å². The number of nitrogens with zero attached hydrogens (tertiary/aromatic N) is 1. The second-order valence-corrected chi connectivity index (χ2v) is 4.91. The van der Waals surface area contributed by atoms with E-state index in [0.717, 1.165) is 19.1 Å². The number of allylic oxidation sites excluding steroid dienone is 1. The number of hydrogen-bond acceptors (Lipinski definition) is 1. The van der Waals surface area contributed by atoms with Gasteiger partial charge in [0.05, 0.1) is 6.42 Å². The van der Waals surface area contributed by atoms with Crippen LogP contribution in [-0.2, 0) is 11.1 Å². The molecule has 0 saturated carbocycles. The molecular weight excluding hydrogens is 209 g/mol. The molecule has 1 aromatic rings. The molecule has 0 aromatic carbocycles. The Morgan fingerprint density at radius 2 is 2.18 bits per heavy atom. The van der Waals surface area contributed by atoms with E-state index in [9.17, 15) is 0 Å². The summed E-state index contributed by atoms with van der Waals surface area (Å²) in [5.74, 6) is 0. The van der Waals surface area contributed by atoms with Gasteiger partial charge in [0.15, 0.2) is 0 Å². The molecule has 0 saturated heterocycles. The molecule has 1 unspecified atom stereocenters. The normalized spacial score (nSPS) is 22.6. The molecule has 2 heterocycles. The molecule has 1 aromatic heterocycles. The lowest BCUT2D eigenvalue weighted by molar-refractivity contribution is -0.580. The molecule has 0 spiro atoms. The van der Waals surface area contributed by atoms with Crippen LogP contribution in [0.1, 0.15) is 26.5 Å². The van der Waals surface area contributed by atoms with Gasteiger partial charge in [0.25, 0.3) is 0 Å². The van der Waals surface area contributed by atoms with Gasteiger partial charge in [-0.15, -0.1) is 0 Å². The van der Waals surface area contributed by atoms with Crippen LogP contribution in [-0.4, -0.2) is 12.6 Å². The maximum Gasteiger partial charge on any atom is 0.405 e. The maximum atomic E-state index is 6.38. The van der Waals surface area contributed by atoms with Crippen LogP contribution in [0, 0.1) is 0 Å². The second kappa shape index (κ2) is 5.05. The fraction of sp³-hybridized carbons (Fsp3) is 0.500. The fourth-order valence-electron chi connectivity index (χ4n) is 2.97. The predicted octanol–water partition coefficient (Wildman–Crippen LogP) is 2.82. The third kappa shape index (κ3) is 2.16. The first-order valence-electron chi connectivity index (χ1n) is 6.74. The van der Waals surface area contributed by atoms with Crippen LogP contribution in [0.25, 0.3) is 0 Å². The van der Waals surface area contributed by atoms with Crippen molar-refractivity contribution in [1.82, 2.24) is 0 Å². The third-order valence-electron chi connectivity index (χ3n) is 4.01. The Balaban J connectivity index is 2.45. The summed E-state index contributed by atoms with van der Waals surface area (Å²) in [6.45, 7) is 5.62. The first kappa shape index (κ1) is 12.4. The van der Waals surface area contributed by atoms with E-state index in [4.69, 9.17) is 4.65 Å². The van der Waals surface area contributed by atoms with Crippen LogP contribution in [0.2, 0.25) is 12.6 Å². The molecule has 2 rings (SSSR count). The van der Waals surface area contributed by atoms with Crippen molar-refractivity contribution in [3.05, 3.63) is 42.2 Å². The lowest BCUT2D eigenvalue weighted by Crippen LogP contribution is -2.71. The summed E-state index contributed by atoms with van der Waals surface area (Å²) in [5.41, 5.74) is 1.39. The number of hydrogen-bond donors (Lipinski definition) is 0. The Hall–Kier alpha value is -1.09. The van der Waals surface area contributed by atoms with Crippen LogP contribution in [0.4, 0.5) is 0 Å². The van der Waals surface area contributed by atoms with Crippen LogP contribution < -0.4 is 4.48 Å². The van der Waals surface area contributed by atoms with Crippen LogP contribution in [0.15, 0.2) is 36.5 Å². The summed E-state index contributed by atoms with van der Waals surface area (Å²) < 4.78 is 8.75. The molecule has 0 fully saturated rings. The van der Waals surface area contributed by atoms with E-state index in [0.29, 0.717) is 0 Å². The van der Waals surface area contributed by atoms with Gasteiger partial charge < -0.3 is 9.13 Å². The highest BCUT2D eigenvalue weighted by atomic mass is 16.5. The largest absolute Gasteiger partial charge is 0.526 e. The van der Waals surface area contributed by atoms with E-state index in [1.165, 1.54) is 5.69 Å². The standard InChI is InChI=1S/C14H22BNO/c1-4-9-14-12-13-10-7-8-11-16(13)15(5-2,6-3)17-14/h4,7-11,14H,5-6,12H2,1-3H3/b9-4+. The Morgan fingerprint density at radius 3 is 2.82 bits per heavy atom. The van der Waals surface area contributed by atoms with Gasteiger partial charge in [-0.05, 0) is 13.0 Å². The maximum absolute atomic E-state index is 6.38. The highest BCUT2D eigenvalue weighted by Gasteiger charge is 2.41. The quantitative estimate of drug-likeness (QED) is 0.575. The number of rotatable bonds is 3. The summed E-state index contributed by atoms with van der Waals surface area (Å²) in [4.78, 5) is 0. The summed E-state index contributed by atoms with van der Waals surface area (Å²) in [5, 5.41) is 0. The Kier molecular flexibility index (Phi) is 3.68. The summed E-state index contributed by atoms with van der Waals surface area (Å²) in [6.07, 6.45) is 9.79. The van der Waals surface area contributed by atoms with Crippen molar-refractivity contribution in [1.29, 1.82) is 0 Å². The smallest absolute Gasteiger partial charge is 0.405 e. The molecule has 92 valence electrons. The first-order chi connectivity index (χ1) is 8.25. The zero-order valence-electron chi connectivity index (χ0n) is 11.1. The van der Waals surface area contributed by atoms with Gasteiger partial charge in [-0.2, -0.15) is 0 Å². The minimum absolute atomic E-state index is 0.238. The van der Waals surface area contributed by atoms with Crippen molar-refractivity contribution in [2.75, 3.05) is 0 Å². The first-order valence-corrected chi connectivity index (χ1v) is 6.74.